The number of carbonyl (C=O) groups excluding carboxylic acids is 1. The number of carbonyl (C=O) groups is 1. The van der Waals surface area contributed by atoms with Crippen LogP contribution in [0.4, 0.5) is 5.69 Å². The van der Waals surface area contributed by atoms with E-state index in [0.29, 0.717) is 5.75 Å². The van der Waals surface area contributed by atoms with Crippen molar-refractivity contribution in [2.24, 2.45) is 0 Å². The lowest BCUT2D eigenvalue weighted by Crippen LogP contribution is -2.13. The van der Waals surface area contributed by atoms with E-state index >= 15 is 0 Å². The van der Waals surface area contributed by atoms with Crippen LogP contribution in [0, 0.1) is 13.8 Å². The monoisotopic (exact) mass is 400 g/mol. The summed E-state index contributed by atoms with van der Waals surface area (Å²) in [6.07, 6.45) is 2.16. The van der Waals surface area contributed by atoms with Crippen molar-refractivity contribution in [3.8, 4) is 0 Å². The van der Waals surface area contributed by atoms with Gasteiger partial charge < -0.3 is 9.88 Å². The Labute approximate surface area is 175 Å². The van der Waals surface area contributed by atoms with E-state index in [1.807, 2.05) is 31.2 Å². The zero-order chi connectivity index (χ0) is 20.2. The van der Waals surface area contributed by atoms with Gasteiger partial charge in [-0.3, -0.25) is 4.79 Å². The minimum Gasteiger partial charge on any atom is -0.342 e. The molecule has 1 amide bonds. The summed E-state index contributed by atoms with van der Waals surface area (Å²) in [5.41, 5.74) is 5.70. The number of benzene rings is 3. The Hall–Kier alpha value is -2.98. The predicted octanol–water partition coefficient (Wildman–Crippen LogP) is 6.04. The third-order valence-electron chi connectivity index (χ3n) is 4.89. The largest absolute Gasteiger partial charge is 0.342 e. The highest BCUT2D eigenvalue weighted by molar-refractivity contribution is 8.00. The highest BCUT2D eigenvalue weighted by Gasteiger charge is 2.11. The lowest BCUT2D eigenvalue weighted by atomic mass is 10.1. The maximum atomic E-state index is 12.4. The molecule has 4 rings (SSSR count). The first-order valence-electron chi connectivity index (χ1n) is 9.71. The topological polar surface area (TPSA) is 34.0 Å². The van der Waals surface area contributed by atoms with Crippen molar-refractivity contribution in [1.29, 1.82) is 0 Å². The number of amides is 1. The molecule has 146 valence electrons. The second-order valence-electron chi connectivity index (χ2n) is 7.33. The third kappa shape index (κ3) is 4.72. The van der Waals surface area contributed by atoms with Gasteiger partial charge in [0.1, 0.15) is 0 Å². The molecule has 1 N–H and O–H groups in total. The molecule has 29 heavy (non-hydrogen) atoms. The average molecular weight is 401 g/mol. The fourth-order valence-corrected chi connectivity index (χ4v) is 4.30. The standard InChI is InChI=1S/C25H24N2OS/c1-18-10-12-20(13-11-18)15-27-16-24(22-8-3-4-9-23(22)27)29-17-25(28)26-21-7-5-6-19(2)14-21/h3-14,16H,15,17H2,1-2H3,(H,26,28). The zero-order valence-electron chi connectivity index (χ0n) is 16.7. The maximum absolute atomic E-state index is 12.4. The van der Waals surface area contributed by atoms with Crippen LogP contribution in [-0.2, 0) is 11.3 Å². The number of rotatable bonds is 6. The average Bonchev–Trinajstić information content (AvgIpc) is 3.06. The van der Waals surface area contributed by atoms with Gasteiger partial charge in [-0.2, -0.15) is 0 Å². The molecule has 4 heteroatoms. The van der Waals surface area contributed by atoms with Gasteiger partial charge in [-0.05, 0) is 43.2 Å². The minimum absolute atomic E-state index is 0.0102. The molecule has 0 bridgehead atoms. The molecule has 0 atom stereocenters. The van der Waals surface area contributed by atoms with E-state index in [4.69, 9.17) is 0 Å². The Kier molecular flexibility index (Phi) is 5.72. The summed E-state index contributed by atoms with van der Waals surface area (Å²) in [5, 5.41) is 4.17. The lowest BCUT2D eigenvalue weighted by molar-refractivity contribution is -0.113. The molecule has 1 aromatic heterocycles. The summed E-state index contributed by atoms with van der Waals surface area (Å²) in [6.45, 7) is 4.94. The molecule has 0 saturated heterocycles. The molecule has 0 aliphatic rings. The second-order valence-corrected chi connectivity index (χ2v) is 8.35. The van der Waals surface area contributed by atoms with Crippen LogP contribution < -0.4 is 5.32 Å². The number of hydrogen-bond acceptors (Lipinski definition) is 2. The molecule has 0 saturated carbocycles. The van der Waals surface area contributed by atoms with Crippen molar-refractivity contribution in [3.63, 3.8) is 0 Å². The van der Waals surface area contributed by atoms with Crippen molar-refractivity contribution in [2.45, 2.75) is 25.3 Å². The van der Waals surface area contributed by atoms with E-state index in [1.165, 1.54) is 22.0 Å². The predicted molar refractivity (Wildman–Crippen MR) is 123 cm³/mol. The van der Waals surface area contributed by atoms with Crippen LogP contribution in [0.15, 0.2) is 83.9 Å². The number of thioether (sulfide) groups is 1. The van der Waals surface area contributed by atoms with Crippen molar-refractivity contribution in [3.05, 3.63) is 95.7 Å². The first-order chi connectivity index (χ1) is 14.1. The molecule has 3 nitrogen and oxygen atoms in total. The molecule has 4 aromatic rings. The van der Waals surface area contributed by atoms with Crippen LogP contribution in [0.25, 0.3) is 10.9 Å². The van der Waals surface area contributed by atoms with Crippen molar-refractivity contribution < 1.29 is 4.79 Å². The lowest BCUT2D eigenvalue weighted by Gasteiger charge is -2.06. The Morgan fingerprint density at radius 1 is 0.931 bits per heavy atom. The van der Waals surface area contributed by atoms with Crippen LogP contribution in [0.2, 0.25) is 0 Å². The fraction of sp³-hybridized carbons (Fsp3) is 0.160. The van der Waals surface area contributed by atoms with E-state index in [0.717, 1.165) is 22.7 Å². The third-order valence-corrected chi connectivity index (χ3v) is 5.93. The van der Waals surface area contributed by atoms with Gasteiger partial charge in [-0.15, -0.1) is 11.8 Å². The Bertz CT molecular complexity index is 1150. The Balaban J connectivity index is 1.50. The summed E-state index contributed by atoms with van der Waals surface area (Å²) < 4.78 is 2.26. The summed E-state index contributed by atoms with van der Waals surface area (Å²) in [5.74, 6) is 0.392. The normalized spacial score (nSPS) is 11.0. The maximum Gasteiger partial charge on any atom is 0.234 e. The number of hydrogen-bond donors (Lipinski definition) is 1. The summed E-state index contributed by atoms with van der Waals surface area (Å²) >= 11 is 1.58. The number of aryl methyl sites for hydroxylation is 2. The van der Waals surface area contributed by atoms with Gasteiger partial charge in [-0.25, -0.2) is 0 Å². The molecule has 3 aromatic carbocycles. The molecule has 0 aliphatic carbocycles. The molecular formula is C25H24N2OS. The first kappa shape index (κ1) is 19.3. The number of para-hydroxylation sites is 1. The van der Waals surface area contributed by atoms with Crippen LogP contribution in [-0.4, -0.2) is 16.2 Å². The van der Waals surface area contributed by atoms with Gasteiger partial charge in [-0.1, -0.05) is 60.2 Å². The summed E-state index contributed by atoms with van der Waals surface area (Å²) in [6, 6.07) is 24.9. The van der Waals surface area contributed by atoms with Gasteiger partial charge in [0, 0.05) is 34.2 Å². The molecule has 0 fully saturated rings. The zero-order valence-corrected chi connectivity index (χ0v) is 17.5. The van der Waals surface area contributed by atoms with Crippen molar-refractivity contribution >= 4 is 34.3 Å². The second kappa shape index (κ2) is 8.58. The summed E-state index contributed by atoms with van der Waals surface area (Å²) in [7, 11) is 0. The van der Waals surface area contributed by atoms with Crippen LogP contribution in [0.5, 0.6) is 0 Å². The Morgan fingerprint density at radius 3 is 2.52 bits per heavy atom. The van der Waals surface area contributed by atoms with Gasteiger partial charge in [0.05, 0.1) is 5.75 Å². The number of fused-ring (bicyclic) bond motifs is 1. The molecular weight excluding hydrogens is 376 g/mol. The molecule has 0 spiro atoms. The van der Waals surface area contributed by atoms with E-state index in [-0.39, 0.29) is 5.91 Å². The Morgan fingerprint density at radius 2 is 1.72 bits per heavy atom. The van der Waals surface area contributed by atoms with Crippen molar-refractivity contribution in [1.82, 2.24) is 4.57 Å². The number of nitrogens with zero attached hydrogens (tertiary/aromatic N) is 1. The van der Waals surface area contributed by atoms with Crippen LogP contribution >= 0.6 is 11.8 Å². The highest BCUT2D eigenvalue weighted by atomic mass is 32.2. The van der Waals surface area contributed by atoms with E-state index < -0.39 is 0 Å². The summed E-state index contributed by atoms with van der Waals surface area (Å²) in [4.78, 5) is 13.6. The van der Waals surface area contributed by atoms with E-state index in [1.54, 1.807) is 11.8 Å². The minimum atomic E-state index is 0.0102. The first-order valence-corrected chi connectivity index (χ1v) is 10.7. The SMILES string of the molecule is Cc1ccc(Cn2cc(SCC(=O)Nc3cccc(C)c3)c3ccccc32)cc1. The number of nitrogens with one attached hydrogen (secondary N) is 1. The van der Waals surface area contributed by atoms with Gasteiger partial charge in [0.25, 0.3) is 0 Å². The molecule has 0 radical (unpaired) electrons. The molecule has 1 heterocycles. The van der Waals surface area contributed by atoms with E-state index in [9.17, 15) is 4.79 Å². The van der Waals surface area contributed by atoms with Gasteiger partial charge >= 0.3 is 0 Å². The smallest absolute Gasteiger partial charge is 0.234 e. The van der Waals surface area contributed by atoms with Crippen molar-refractivity contribution in [2.75, 3.05) is 11.1 Å². The molecule has 0 unspecified atom stereocenters. The van der Waals surface area contributed by atoms with Crippen LogP contribution in [0.3, 0.4) is 0 Å². The highest BCUT2D eigenvalue weighted by Crippen LogP contribution is 2.30. The molecule has 0 aliphatic heterocycles. The van der Waals surface area contributed by atoms with Crippen LogP contribution in [0.1, 0.15) is 16.7 Å². The fourth-order valence-electron chi connectivity index (χ4n) is 3.41. The van der Waals surface area contributed by atoms with E-state index in [2.05, 4.69) is 71.5 Å². The van der Waals surface area contributed by atoms with Gasteiger partial charge in [0.2, 0.25) is 5.91 Å². The quantitative estimate of drug-likeness (QED) is 0.401. The van der Waals surface area contributed by atoms with Gasteiger partial charge in [0.15, 0.2) is 0 Å². The number of aromatic nitrogens is 1. The number of anilines is 1.